The molecule has 124 valence electrons. The van der Waals surface area contributed by atoms with E-state index in [1.54, 1.807) is 36.2 Å². The van der Waals surface area contributed by atoms with Crippen molar-refractivity contribution in [3.05, 3.63) is 23.4 Å². The van der Waals surface area contributed by atoms with Crippen LogP contribution in [0.25, 0.3) is 10.6 Å². The number of aliphatic hydroxyl groups excluding tert-OH is 1. The number of thioether (sulfide) groups is 1. The van der Waals surface area contributed by atoms with E-state index in [0.717, 1.165) is 32.3 Å². The van der Waals surface area contributed by atoms with Crippen LogP contribution < -0.4 is 0 Å². The van der Waals surface area contributed by atoms with Gasteiger partial charge in [0.2, 0.25) is 0 Å². The normalized spacial score (nSPS) is 19.4. The van der Waals surface area contributed by atoms with E-state index in [9.17, 15) is 9.90 Å². The molecule has 2 unspecified atom stereocenters. The fourth-order valence-corrected chi connectivity index (χ4v) is 5.74. The summed E-state index contributed by atoms with van der Waals surface area (Å²) in [5, 5.41) is 16.9. The summed E-state index contributed by atoms with van der Waals surface area (Å²) >= 11 is 3.24. The highest BCUT2D eigenvalue weighted by Crippen LogP contribution is 2.49. The van der Waals surface area contributed by atoms with Crippen LogP contribution in [0.4, 0.5) is 0 Å². The minimum atomic E-state index is -0.413. The number of H-pyrrole nitrogens is 1. The van der Waals surface area contributed by atoms with Gasteiger partial charge in [-0.25, -0.2) is 0 Å². The van der Waals surface area contributed by atoms with Crippen LogP contribution in [-0.2, 0) is 6.42 Å². The molecule has 1 aliphatic carbocycles. The third kappa shape index (κ3) is 3.25. The monoisotopic (exact) mass is 350 g/mol. The minimum Gasteiger partial charge on any atom is -0.392 e. The molecule has 0 saturated carbocycles. The Morgan fingerprint density at radius 3 is 2.74 bits per heavy atom. The van der Waals surface area contributed by atoms with Gasteiger partial charge in [0, 0.05) is 23.4 Å². The number of hydrogen-bond acceptors (Lipinski definition) is 5. The molecule has 2 aromatic heterocycles. The molecule has 2 aromatic rings. The number of nitrogens with zero attached hydrogens (tertiary/aromatic N) is 1. The predicted octanol–water partition coefficient (Wildman–Crippen LogP) is 4.15. The van der Waals surface area contributed by atoms with Crippen LogP contribution in [0.2, 0.25) is 0 Å². The van der Waals surface area contributed by atoms with E-state index in [-0.39, 0.29) is 16.4 Å². The summed E-state index contributed by atoms with van der Waals surface area (Å²) in [6.45, 7) is 8.08. The number of hydrogen-bond donors (Lipinski definition) is 2. The van der Waals surface area contributed by atoms with Crippen molar-refractivity contribution in [2.24, 2.45) is 5.41 Å². The minimum absolute atomic E-state index is 0.0161. The highest BCUT2D eigenvalue weighted by molar-refractivity contribution is 8.01. The molecule has 0 radical (unpaired) electrons. The largest absolute Gasteiger partial charge is 0.392 e. The maximum absolute atomic E-state index is 12.8. The van der Waals surface area contributed by atoms with Crippen LogP contribution in [0.3, 0.4) is 0 Å². The van der Waals surface area contributed by atoms with Crippen LogP contribution in [-0.4, -0.2) is 32.4 Å². The molecule has 0 spiro atoms. The lowest BCUT2D eigenvalue weighted by molar-refractivity contribution is 0.0910. The molecule has 0 bridgehead atoms. The Bertz CT molecular complexity index is 717. The zero-order chi connectivity index (χ0) is 16.8. The van der Waals surface area contributed by atoms with E-state index in [0.29, 0.717) is 6.42 Å². The van der Waals surface area contributed by atoms with Gasteiger partial charge in [-0.15, -0.1) is 23.1 Å². The lowest BCUT2D eigenvalue weighted by atomic mass is 9.74. The summed E-state index contributed by atoms with van der Waals surface area (Å²) in [7, 11) is 0. The second kappa shape index (κ2) is 6.07. The van der Waals surface area contributed by atoms with Crippen LogP contribution in [0.5, 0.6) is 0 Å². The van der Waals surface area contributed by atoms with E-state index < -0.39 is 6.10 Å². The summed E-state index contributed by atoms with van der Waals surface area (Å²) in [6.07, 6.45) is 2.80. The molecule has 2 N–H and O–H groups in total. The number of aromatic amines is 1. The standard InChI is InChI=1S/C17H22N2O2S2/c1-9(20)10(2)22-16-14-11(7-17(3,4)8-13(14)21)15(23-16)12-5-6-18-19-12/h5-6,9-10,20H,7-8H2,1-4H3,(H,18,19). The Morgan fingerprint density at radius 2 is 2.13 bits per heavy atom. The SMILES string of the molecule is CC(O)C(C)Sc1sc(-c2ccn[nH]2)c2c1C(=O)CC(C)(C)C2. The van der Waals surface area contributed by atoms with Gasteiger partial charge in [0.25, 0.3) is 0 Å². The maximum Gasteiger partial charge on any atom is 0.165 e. The van der Waals surface area contributed by atoms with Crippen molar-refractivity contribution >= 4 is 28.9 Å². The van der Waals surface area contributed by atoms with Crippen LogP contribution >= 0.6 is 23.1 Å². The first kappa shape index (κ1) is 16.7. The molecular weight excluding hydrogens is 328 g/mol. The van der Waals surface area contributed by atoms with Crippen molar-refractivity contribution in [1.29, 1.82) is 0 Å². The molecule has 23 heavy (non-hydrogen) atoms. The van der Waals surface area contributed by atoms with Gasteiger partial charge in [-0.05, 0) is 30.4 Å². The third-order valence-electron chi connectivity index (χ3n) is 4.27. The predicted molar refractivity (Wildman–Crippen MR) is 95.3 cm³/mol. The van der Waals surface area contributed by atoms with Crippen molar-refractivity contribution < 1.29 is 9.90 Å². The van der Waals surface area contributed by atoms with E-state index in [4.69, 9.17) is 0 Å². The Kier molecular flexibility index (Phi) is 4.42. The summed E-state index contributed by atoms with van der Waals surface area (Å²) < 4.78 is 1.03. The average Bonchev–Trinajstić information content (AvgIpc) is 3.04. The fourth-order valence-electron chi connectivity index (χ4n) is 2.91. The fraction of sp³-hybridized carbons (Fsp3) is 0.529. The molecule has 2 atom stereocenters. The number of ketones is 1. The lowest BCUT2D eigenvalue weighted by Crippen LogP contribution is -2.26. The molecule has 2 heterocycles. The summed E-state index contributed by atoms with van der Waals surface area (Å²) in [6, 6.07) is 1.95. The Hall–Kier alpha value is -1.11. The smallest absolute Gasteiger partial charge is 0.165 e. The van der Waals surface area contributed by atoms with Crippen LogP contribution in [0.15, 0.2) is 16.5 Å². The zero-order valence-electron chi connectivity index (χ0n) is 13.8. The molecular formula is C17H22N2O2S2. The third-order valence-corrected chi connectivity index (χ3v) is 7.05. The second-order valence-corrected chi connectivity index (χ2v) is 9.71. The molecule has 1 aliphatic rings. The Labute approximate surface area is 144 Å². The van der Waals surface area contributed by atoms with Crippen molar-refractivity contribution in [2.75, 3.05) is 0 Å². The number of aromatic nitrogens is 2. The highest BCUT2D eigenvalue weighted by atomic mass is 32.2. The first-order chi connectivity index (χ1) is 10.8. The zero-order valence-corrected chi connectivity index (χ0v) is 15.5. The van der Waals surface area contributed by atoms with Gasteiger partial charge < -0.3 is 5.11 Å². The van der Waals surface area contributed by atoms with E-state index in [2.05, 4.69) is 24.0 Å². The van der Waals surface area contributed by atoms with Gasteiger partial charge in [0.1, 0.15) is 0 Å². The van der Waals surface area contributed by atoms with E-state index in [1.165, 1.54) is 0 Å². The number of Topliss-reactive ketones (excluding diaryl/α,β-unsaturated/α-hetero) is 1. The number of carbonyl (C=O) groups excluding carboxylic acids is 1. The quantitative estimate of drug-likeness (QED) is 0.813. The first-order valence-corrected chi connectivity index (χ1v) is 9.51. The van der Waals surface area contributed by atoms with Crippen molar-refractivity contribution in [3.8, 4) is 10.6 Å². The topological polar surface area (TPSA) is 66.0 Å². The van der Waals surface area contributed by atoms with Crippen LogP contribution in [0, 0.1) is 5.41 Å². The molecule has 6 heteroatoms. The number of rotatable bonds is 4. The highest BCUT2D eigenvalue weighted by Gasteiger charge is 2.37. The number of aliphatic hydroxyl groups is 1. The Morgan fingerprint density at radius 1 is 1.39 bits per heavy atom. The van der Waals surface area contributed by atoms with Gasteiger partial charge in [0.15, 0.2) is 5.78 Å². The number of nitrogens with one attached hydrogen (secondary N) is 1. The molecule has 0 aliphatic heterocycles. The molecule has 0 saturated heterocycles. The van der Waals surface area contributed by atoms with Crippen molar-refractivity contribution in [3.63, 3.8) is 0 Å². The van der Waals surface area contributed by atoms with Gasteiger partial charge in [-0.1, -0.05) is 20.8 Å². The van der Waals surface area contributed by atoms with Crippen LogP contribution in [0.1, 0.15) is 50.0 Å². The average molecular weight is 351 g/mol. The second-order valence-electron chi connectivity index (χ2n) is 7.05. The molecule has 0 amide bonds. The van der Waals surface area contributed by atoms with Gasteiger partial charge in [-0.2, -0.15) is 5.10 Å². The lowest BCUT2D eigenvalue weighted by Gasteiger charge is -2.29. The van der Waals surface area contributed by atoms with Gasteiger partial charge in [0.05, 0.1) is 20.9 Å². The molecule has 0 fully saturated rings. The van der Waals surface area contributed by atoms with Gasteiger partial charge in [-0.3, -0.25) is 9.89 Å². The molecule has 0 aromatic carbocycles. The number of thiophene rings is 1. The Balaban J connectivity index is 2.10. The summed E-state index contributed by atoms with van der Waals surface area (Å²) in [5.74, 6) is 0.221. The molecule has 3 rings (SSSR count). The maximum atomic E-state index is 12.8. The number of fused-ring (bicyclic) bond motifs is 1. The first-order valence-electron chi connectivity index (χ1n) is 7.82. The summed E-state index contributed by atoms with van der Waals surface area (Å²) in [5.41, 5.74) is 2.96. The van der Waals surface area contributed by atoms with E-state index in [1.807, 2.05) is 13.0 Å². The molecule has 4 nitrogen and oxygen atoms in total. The summed E-state index contributed by atoms with van der Waals surface area (Å²) in [4.78, 5) is 13.9. The van der Waals surface area contributed by atoms with E-state index >= 15 is 0 Å². The van der Waals surface area contributed by atoms with Crippen molar-refractivity contribution in [2.45, 2.75) is 56.1 Å². The number of carbonyl (C=O) groups is 1. The van der Waals surface area contributed by atoms with Gasteiger partial charge >= 0.3 is 0 Å². The van der Waals surface area contributed by atoms with Crippen molar-refractivity contribution in [1.82, 2.24) is 10.2 Å².